The third kappa shape index (κ3) is 4.34. The van der Waals surface area contributed by atoms with Crippen LogP contribution in [0.15, 0.2) is 36.4 Å². The van der Waals surface area contributed by atoms with E-state index in [1.165, 1.54) is 22.4 Å². The van der Waals surface area contributed by atoms with Crippen LogP contribution in [0.25, 0.3) is 10.4 Å². The molecule has 3 heteroatoms. The SMILES string of the molecule is CCCNC(C)Cc1ccc(-c2ccc(Cl)s2)cc1. The van der Waals surface area contributed by atoms with Crippen molar-refractivity contribution in [2.75, 3.05) is 6.54 Å². The molecule has 1 aromatic carbocycles. The summed E-state index contributed by atoms with van der Waals surface area (Å²) in [5.74, 6) is 0. The van der Waals surface area contributed by atoms with Gasteiger partial charge in [0.25, 0.3) is 0 Å². The molecule has 0 spiro atoms. The van der Waals surface area contributed by atoms with E-state index >= 15 is 0 Å². The summed E-state index contributed by atoms with van der Waals surface area (Å²) >= 11 is 7.59. The van der Waals surface area contributed by atoms with Gasteiger partial charge in [0, 0.05) is 10.9 Å². The molecule has 1 aromatic heterocycles. The van der Waals surface area contributed by atoms with Crippen molar-refractivity contribution in [3.63, 3.8) is 0 Å². The summed E-state index contributed by atoms with van der Waals surface area (Å²) in [4.78, 5) is 1.23. The Morgan fingerprint density at radius 3 is 2.47 bits per heavy atom. The van der Waals surface area contributed by atoms with Crippen LogP contribution in [0.5, 0.6) is 0 Å². The lowest BCUT2D eigenvalue weighted by atomic mass is 10.0. The van der Waals surface area contributed by atoms with E-state index in [1.807, 2.05) is 6.07 Å². The molecule has 0 aliphatic heterocycles. The van der Waals surface area contributed by atoms with Crippen molar-refractivity contribution >= 4 is 22.9 Å². The zero-order valence-electron chi connectivity index (χ0n) is 11.4. The lowest BCUT2D eigenvalue weighted by Gasteiger charge is -2.13. The van der Waals surface area contributed by atoms with Gasteiger partial charge in [0.05, 0.1) is 4.34 Å². The normalized spacial score (nSPS) is 12.6. The second-order valence-electron chi connectivity index (χ2n) is 4.86. The topological polar surface area (TPSA) is 12.0 Å². The van der Waals surface area contributed by atoms with Crippen molar-refractivity contribution in [1.29, 1.82) is 0 Å². The first-order valence-electron chi connectivity index (χ1n) is 6.77. The molecule has 0 aliphatic rings. The first kappa shape index (κ1) is 14.6. The first-order chi connectivity index (χ1) is 9.19. The van der Waals surface area contributed by atoms with Crippen LogP contribution in [0.2, 0.25) is 4.34 Å². The van der Waals surface area contributed by atoms with Crippen molar-refractivity contribution < 1.29 is 0 Å². The van der Waals surface area contributed by atoms with E-state index in [2.05, 4.69) is 49.5 Å². The summed E-state index contributed by atoms with van der Waals surface area (Å²) in [7, 11) is 0. The van der Waals surface area contributed by atoms with Gasteiger partial charge < -0.3 is 5.32 Å². The van der Waals surface area contributed by atoms with Crippen LogP contribution in [0.3, 0.4) is 0 Å². The highest BCUT2D eigenvalue weighted by atomic mass is 35.5. The van der Waals surface area contributed by atoms with Gasteiger partial charge in [-0.25, -0.2) is 0 Å². The summed E-state index contributed by atoms with van der Waals surface area (Å²) < 4.78 is 0.844. The Labute approximate surface area is 124 Å². The van der Waals surface area contributed by atoms with Crippen LogP contribution in [-0.4, -0.2) is 12.6 Å². The highest BCUT2D eigenvalue weighted by molar-refractivity contribution is 7.19. The largest absolute Gasteiger partial charge is 0.314 e. The van der Waals surface area contributed by atoms with Crippen LogP contribution in [-0.2, 0) is 6.42 Å². The molecule has 0 radical (unpaired) electrons. The van der Waals surface area contributed by atoms with Crippen molar-refractivity contribution in [2.24, 2.45) is 0 Å². The molecule has 0 aliphatic carbocycles. The average Bonchev–Trinajstić information content (AvgIpc) is 2.84. The number of rotatable bonds is 6. The smallest absolute Gasteiger partial charge is 0.0934 e. The highest BCUT2D eigenvalue weighted by Crippen LogP contribution is 2.31. The fourth-order valence-electron chi connectivity index (χ4n) is 2.09. The van der Waals surface area contributed by atoms with E-state index in [0.29, 0.717) is 6.04 Å². The van der Waals surface area contributed by atoms with Crippen LogP contribution in [0, 0.1) is 0 Å². The summed E-state index contributed by atoms with van der Waals surface area (Å²) in [6.07, 6.45) is 2.26. The van der Waals surface area contributed by atoms with Gasteiger partial charge in [-0.2, -0.15) is 0 Å². The zero-order chi connectivity index (χ0) is 13.7. The molecular formula is C16H20ClNS. The van der Waals surface area contributed by atoms with Crippen molar-refractivity contribution in [2.45, 2.75) is 32.7 Å². The zero-order valence-corrected chi connectivity index (χ0v) is 13.0. The summed E-state index contributed by atoms with van der Waals surface area (Å²) in [5.41, 5.74) is 2.62. The molecule has 2 aromatic rings. The lowest BCUT2D eigenvalue weighted by Crippen LogP contribution is -2.28. The van der Waals surface area contributed by atoms with Crippen LogP contribution in [0.4, 0.5) is 0 Å². The fourth-order valence-corrected chi connectivity index (χ4v) is 3.14. The van der Waals surface area contributed by atoms with Crippen LogP contribution in [0.1, 0.15) is 25.8 Å². The summed E-state index contributed by atoms with van der Waals surface area (Å²) in [5, 5.41) is 3.52. The molecule has 2 rings (SSSR count). The van der Waals surface area contributed by atoms with Gasteiger partial charge in [0.15, 0.2) is 0 Å². The predicted molar refractivity (Wildman–Crippen MR) is 86.2 cm³/mol. The van der Waals surface area contributed by atoms with E-state index in [-0.39, 0.29) is 0 Å². The molecule has 1 heterocycles. The highest BCUT2D eigenvalue weighted by Gasteiger charge is 2.04. The molecule has 1 N–H and O–H groups in total. The third-order valence-electron chi connectivity index (χ3n) is 3.10. The lowest BCUT2D eigenvalue weighted by molar-refractivity contribution is 0.543. The summed E-state index contributed by atoms with van der Waals surface area (Å²) in [6.45, 7) is 5.52. The predicted octanol–water partition coefficient (Wildman–Crippen LogP) is 5.00. The van der Waals surface area contributed by atoms with Gasteiger partial charge in [-0.15, -0.1) is 11.3 Å². The molecule has 0 bridgehead atoms. The second-order valence-corrected chi connectivity index (χ2v) is 6.58. The number of thiophene rings is 1. The summed E-state index contributed by atoms with van der Waals surface area (Å²) in [6, 6.07) is 13.4. The minimum absolute atomic E-state index is 0.530. The molecule has 0 fully saturated rings. The second kappa shape index (κ2) is 7.09. The monoisotopic (exact) mass is 293 g/mol. The Morgan fingerprint density at radius 1 is 1.16 bits per heavy atom. The number of halogens is 1. The number of hydrogen-bond donors (Lipinski definition) is 1. The van der Waals surface area contributed by atoms with Gasteiger partial charge in [-0.05, 0) is 49.6 Å². The van der Waals surface area contributed by atoms with Crippen LogP contribution < -0.4 is 5.32 Å². The molecule has 0 saturated heterocycles. The van der Waals surface area contributed by atoms with E-state index in [9.17, 15) is 0 Å². The Balaban J connectivity index is 1.98. The van der Waals surface area contributed by atoms with Gasteiger partial charge in [-0.3, -0.25) is 0 Å². The number of hydrogen-bond acceptors (Lipinski definition) is 2. The van der Waals surface area contributed by atoms with E-state index in [4.69, 9.17) is 11.6 Å². The molecule has 1 atom stereocenters. The quantitative estimate of drug-likeness (QED) is 0.790. The van der Waals surface area contributed by atoms with Crippen molar-refractivity contribution in [3.05, 3.63) is 46.3 Å². The third-order valence-corrected chi connectivity index (χ3v) is 4.38. The molecule has 19 heavy (non-hydrogen) atoms. The molecule has 0 saturated carbocycles. The van der Waals surface area contributed by atoms with Gasteiger partial charge in [0.2, 0.25) is 0 Å². The maximum atomic E-state index is 5.97. The molecule has 0 amide bonds. The molecule has 102 valence electrons. The van der Waals surface area contributed by atoms with E-state index < -0.39 is 0 Å². The van der Waals surface area contributed by atoms with E-state index in [1.54, 1.807) is 11.3 Å². The van der Waals surface area contributed by atoms with E-state index in [0.717, 1.165) is 17.3 Å². The molecular weight excluding hydrogens is 274 g/mol. The standard InChI is InChI=1S/C16H20ClNS/c1-3-10-18-12(2)11-13-4-6-14(7-5-13)15-8-9-16(17)19-15/h4-9,12,18H,3,10-11H2,1-2H3. The van der Waals surface area contributed by atoms with Crippen molar-refractivity contribution in [3.8, 4) is 10.4 Å². The maximum Gasteiger partial charge on any atom is 0.0934 e. The minimum atomic E-state index is 0.530. The van der Waals surface area contributed by atoms with Gasteiger partial charge >= 0.3 is 0 Å². The van der Waals surface area contributed by atoms with Crippen LogP contribution >= 0.6 is 22.9 Å². The average molecular weight is 294 g/mol. The fraction of sp³-hybridized carbons (Fsp3) is 0.375. The Kier molecular flexibility index (Phi) is 5.44. The molecule has 1 unspecified atom stereocenters. The number of benzene rings is 1. The Hall–Kier alpha value is -0.830. The number of nitrogens with one attached hydrogen (secondary N) is 1. The Morgan fingerprint density at radius 2 is 1.89 bits per heavy atom. The van der Waals surface area contributed by atoms with Crippen molar-refractivity contribution in [1.82, 2.24) is 5.32 Å². The first-order valence-corrected chi connectivity index (χ1v) is 7.96. The Bertz CT molecular complexity index is 504. The van der Waals surface area contributed by atoms with Gasteiger partial charge in [0.1, 0.15) is 0 Å². The maximum absolute atomic E-state index is 5.97. The minimum Gasteiger partial charge on any atom is -0.314 e. The molecule has 1 nitrogen and oxygen atoms in total. The van der Waals surface area contributed by atoms with Gasteiger partial charge in [-0.1, -0.05) is 42.8 Å².